The third-order valence-electron chi connectivity index (χ3n) is 2.98. The monoisotopic (exact) mass is 292 g/mol. The van der Waals surface area contributed by atoms with Crippen molar-refractivity contribution in [2.45, 2.75) is 13.0 Å². The van der Waals surface area contributed by atoms with Gasteiger partial charge < -0.3 is 14.6 Å². The smallest absolute Gasteiger partial charge is 0.137 e. The van der Waals surface area contributed by atoms with Crippen LogP contribution in [0.4, 0.5) is 0 Å². The van der Waals surface area contributed by atoms with Crippen molar-refractivity contribution in [1.29, 1.82) is 0 Å². The van der Waals surface area contributed by atoms with Crippen molar-refractivity contribution in [3.05, 3.63) is 58.6 Å². The van der Waals surface area contributed by atoms with Crippen molar-refractivity contribution >= 4 is 11.6 Å². The molecule has 0 aliphatic rings. The summed E-state index contributed by atoms with van der Waals surface area (Å²) in [6.45, 7) is 2.51. The highest BCUT2D eigenvalue weighted by atomic mass is 35.5. The molecule has 0 heterocycles. The number of halogens is 1. The maximum absolute atomic E-state index is 10.4. The first-order valence-corrected chi connectivity index (χ1v) is 6.77. The molecule has 0 saturated carbocycles. The van der Waals surface area contributed by atoms with Gasteiger partial charge in [-0.2, -0.15) is 0 Å². The van der Waals surface area contributed by atoms with Crippen LogP contribution in [0, 0.1) is 0 Å². The summed E-state index contributed by atoms with van der Waals surface area (Å²) in [6, 6.07) is 12.6. The molecule has 0 radical (unpaired) electrons. The molecule has 0 aromatic heterocycles. The number of methoxy groups -OCH3 is 1. The van der Waals surface area contributed by atoms with Crippen LogP contribution in [-0.4, -0.2) is 18.8 Å². The Labute approximate surface area is 123 Å². The van der Waals surface area contributed by atoms with E-state index in [-0.39, 0.29) is 0 Å². The van der Waals surface area contributed by atoms with E-state index in [1.54, 1.807) is 25.3 Å². The standard InChI is InChI=1S/C16H17ClO3/c1-3-20-13-6-4-5-11(9-13)16(18)12-7-8-15(19-2)14(17)10-12/h4-10,16,18H,3H2,1-2H3. The zero-order chi connectivity index (χ0) is 14.5. The van der Waals surface area contributed by atoms with Crippen LogP contribution in [0.2, 0.25) is 5.02 Å². The summed E-state index contributed by atoms with van der Waals surface area (Å²) >= 11 is 6.08. The zero-order valence-corrected chi connectivity index (χ0v) is 12.2. The van der Waals surface area contributed by atoms with Crippen LogP contribution in [0.3, 0.4) is 0 Å². The molecule has 0 aliphatic carbocycles. The lowest BCUT2D eigenvalue weighted by Crippen LogP contribution is -2.01. The number of benzene rings is 2. The Balaban J connectivity index is 2.28. The summed E-state index contributed by atoms with van der Waals surface area (Å²) in [6.07, 6.45) is -0.751. The lowest BCUT2D eigenvalue weighted by molar-refractivity contribution is 0.219. The fraction of sp³-hybridized carbons (Fsp3) is 0.250. The van der Waals surface area contributed by atoms with Crippen LogP contribution in [0.15, 0.2) is 42.5 Å². The molecule has 2 aromatic rings. The number of hydrogen-bond donors (Lipinski definition) is 1. The van der Waals surface area contributed by atoms with E-state index in [0.29, 0.717) is 22.9 Å². The van der Waals surface area contributed by atoms with Crippen LogP contribution in [-0.2, 0) is 0 Å². The van der Waals surface area contributed by atoms with Gasteiger partial charge in [0.1, 0.15) is 17.6 Å². The molecule has 20 heavy (non-hydrogen) atoms. The number of hydrogen-bond acceptors (Lipinski definition) is 3. The highest BCUT2D eigenvalue weighted by Crippen LogP contribution is 2.31. The molecule has 3 nitrogen and oxygen atoms in total. The quantitative estimate of drug-likeness (QED) is 0.910. The number of ether oxygens (including phenoxy) is 2. The Bertz CT molecular complexity index is 584. The Kier molecular flexibility index (Phi) is 4.88. The summed E-state index contributed by atoms with van der Waals surface area (Å²) in [4.78, 5) is 0. The van der Waals surface area contributed by atoms with Gasteiger partial charge in [0.2, 0.25) is 0 Å². The lowest BCUT2D eigenvalue weighted by atomic mass is 10.0. The molecule has 106 valence electrons. The van der Waals surface area contributed by atoms with Gasteiger partial charge in [-0.05, 0) is 42.3 Å². The molecule has 1 atom stereocenters. The lowest BCUT2D eigenvalue weighted by Gasteiger charge is -2.14. The topological polar surface area (TPSA) is 38.7 Å². The minimum atomic E-state index is -0.751. The second-order valence-corrected chi connectivity index (χ2v) is 4.71. The first-order valence-electron chi connectivity index (χ1n) is 6.40. The highest BCUT2D eigenvalue weighted by molar-refractivity contribution is 6.32. The second kappa shape index (κ2) is 6.64. The third-order valence-corrected chi connectivity index (χ3v) is 3.27. The maximum Gasteiger partial charge on any atom is 0.137 e. The van der Waals surface area contributed by atoms with Crippen LogP contribution in [0.5, 0.6) is 11.5 Å². The normalized spacial score (nSPS) is 12.0. The van der Waals surface area contributed by atoms with E-state index in [1.165, 1.54) is 0 Å². The Hall–Kier alpha value is -1.71. The van der Waals surface area contributed by atoms with Crippen molar-refractivity contribution in [3.63, 3.8) is 0 Å². The summed E-state index contributed by atoms with van der Waals surface area (Å²) in [7, 11) is 1.56. The van der Waals surface area contributed by atoms with Crippen molar-refractivity contribution in [3.8, 4) is 11.5 Å². The molecule has 2 aromatic carbocycles. The fourth-order valence-electron chi connectivity index (χ4n) is 1.99. The van der Waals surface area contributed by atoms with Gasteiger partial charge in [-0.15, -0.1) is 0 Å². The van der Waals surface area contributed by atoms with Crippen LogP contribution in [0.25, 0.3) is 0 Å². The van der Waals surface area contributed by atoms with Gasteiger partial charge in [0.25, 0.3) is 0 Å². The molecular weight excluding hydrogens is 276 g/mol. The maximum atomic E-state index is 10.4. The molecule has 1 N–H and O–H groups in total. The average molecular weight is 293 g/mol. The second-order valence-electron chi connectivity index (χ2n) is 4.30. The highest BCUT2D eigenvalue weighted by Gasteiger charge is 2.13. The van der Waals surface area contributed by atoms with E-state index >= 15 is 0 Å². The fourth-order valence-corrected chi connectivity index (χ4v) is 2.25. The number of aliphatic hydroxyl groups is 1. The van der Waals surface area contributed by atoms with Gasteiger partial charge in [-0.1, -0.05) is 29.8 Å². The van der Waals surface area contributed by atoms with Gasteiger partial charge in [0.15, 0.2) is 0 Å². The number of rotatable bonds is 5. The zero-order valence-electron chi connectivity index (χ0n) is 11.5. The molecule has 2 rings (SSSR count). The van der Waals surface area contributed by atoms with Crippen molar-refractivity contribution < 1.29 is 14.6 Å². The first-order chi connectivity index (χ1) is 9.65. The molecule has 0 aliphatic heterocycles. The molecule has 0 bridgehead atoms. The molecule has 4 heteroatoms. The van der Waals surface area contributed by atoms with E-state index in [4.69, 9.17) is 21.1 Å². The largest absolute Gasteiger partial charge is 0.495 e. The Morgan fingerprint density at radius 3 is 2.55 bits per heavy atom. The SMILES string of the molecule is CCOc1cccc(C(O)c2ccc(OC)c(Cl)c2)c1. The molecular formula is C16H17ClO3. The van der Waals surface area contributed by atoms with Gasteiger partial charge in [-0.3, -0.25) is 0 Å². The van der Waals surface area contributed by atoms with E-state index in [0.717, 1.165) is 11.3 Å². The van der Waals surface area contributed by atoms with Crippen molar-refractivity contribution in [2.24, 2.45) is 0 Å². The predicted octanol–water partition coefficient (Wildman–Crippen LogP) is 3.83. The van der Waals surface area contributed by atoms with E-state index < -0.39 is 6.10 Å². The van der Waals surface area contributed by atoms with E-state index in [2.05, 4.69) is 0 Å². The molecule has 0 saturated heterocycles. The van der Waals surface area contributed by atoms with Gasteiger partial charge in [-0.25, -0.2) is 0 Å². The van der Waals surface area contributed by atoms with Crippen molar-refractivity contribution in [2.75, 3.05) is 13.7 Å². The van der Waals surface area contributed by atoms with Crippen molar-refractivity contribution in [1.82, 2.24) is 0 Å². The Morgan fingerprint density at radius 1 is 1.15 bits per heavy atom. The Morgan fingerprint density at radius 2 is 1.90 bits per heavy atom. The molecule has 1 unspecified atom stereocenters. The molecule has 0 spiro atoms. The minimum absolute atomic E-state index is 0.477. The molecule has 0 amide bonds. The van der Waals surface area contributed by atoms with Crippen LogP contribution in [0.1, 0.15) is 24.2 Å². The summed E-state index contributed by atoms with van der Waals surface area (Å²) in [5, 5.41) is 10.9. The molecule has 0 fully saturated rings. The summed E-state index contributed by atoms with van der Waals surface area (Å²) in [5.74, 6) is 1.33. The van der Waals surface area contributed by atoms with E-state index in [9.17, 15) is 5.11 Å². The van der Waals surface area contributed by atoms with Crippen LogP contribution >= 0.6 is 11.6 Å². The van der Waals surface area contributed by atoms with Gasteiger partial charge in [0.05, 0.1) is 18.7 Å². The van der Waals surface area contributed by atoms with E-state index in [1.807, 2.05) is 31.2 Å². The number of aliphatic hydroxyl groups excluding tert-OH is 1. The third kappa shape index (κ3) is 3.24. The average Bonchev–Trinajstić information content (AvgIpc) is 2.47. The predicted molar refractivity (Wildman–Crippen MR) is 79.7 cm³/mol. The summed E-state index contributed by atoms with van der Waals surface area (Å²) in [5.41, 5.74) is 1.47. The summed E-state index contributed by atoms with van der Waals surface area (Å²) < 4.78 is 10.5. The van der Waals surface area contributed by atoms with Gasteiger partial charge >= 0.3 is 0 Å². The minimum Gasteiger partial charge on any atom is -0.495 e. The van der Waals surface area contributed by atoms with Crippen LogP contribution < -0.4 is 9.47 Å². The first kappa shape index (κ1) is 14.7. The van der Waals surface area contributed by atoms with Gasteiger partial charge in [0, 0.05) is 0 Å².